The average molecular weight is 397 g/mol. The lowest BCUT2D eigenvalue weighted by atomic mass is 10.2. The molecule has 0 aromatic heterocycles. The summed E-state index contributed by atoms with van der Waals surface area (Å²) >= 11 is 6.12. The van der Waals surface area contributed by atoms with Gasteiger partial charge in [-0.1, -0.05) is 11.6 Å². The van der Waals surface area contributed by atoms with Crippen molar-refractivity contribution in [1.82, 2.24) is 15.1 Å². The van der Waals surface area contributed by atoms with Crippen LogP contribution in [0.2, 0.25) is 5.02 Å². The van der Waals surface area contributed by atoms with E-state index < -0.39 is 5.60 Å². The van der Waals surface area contributed by atoms with Crippen molar-refractivity contribution >= 4 is 35.3 Å². The molecule has 0 saturated carbocycles. The number of amides is 4. The van der Waals surface area contributed by atoms with Gasteiger partial charge in [-0.25, -0.2) is 9.59 Å². The molecule has 2 rings (SSSR count). The third-order valence-corrected chi connectivity index (χ3v) is 4.25. The van der Waals surface area contributed by atoms with Crippen LogP contribution in [0.25, 0.3) is 0 Å². The van der Waals surface area contributed by atoms with Crippen LogP contribution in [0.3, 0.4) is 0 Å². The zero-order valence-corrected chi connectivity index (χ0v) is 16.7. The van der Waals surface area contributed by atoms with E-state index in [-0.39, 0.29) is 18.0 Å². The monoisotopic (exact) mass is 396 g/mol. The van der Waals surface area contributed by atoms with Crippen molar-refractivity contribution in [3.05, 3.63) is 28.8 Å². The van der Waals surface area contributed by atoms with Crippen LogP contribution in [-0.2, 0) is 4.74 Å². The second-order valence-corrected chi connectivity index (χ2v) is 7.57. The van der Waals surface area contributed by atoms with Crippen molar-refractivity contribution in [1.29, 1.82) is 0 Å². The normalized spacial score (nSPS) is 14.6. The number of hydrogen-bond acceptors (Lipinski definition) is 4. The maximum atomic E-state index is 12.5. The molecule has 0 unspecified atom stereocenters. The Morgan fingerprint density at radius 2 is 1.67 bits per heavy atom. The molecule has 0 spiro atoms. The van der Waals surface area contributed by atoms with Gasteiger partial charge in [0.1, 0.15) is 5.60 Å². The maximum absolute atomic E-state index is 12.5. The number of carbonyl (C=O) groups is 3. The molecule has 1 saturated heterocycles. The number of rotatable bonds is 2. The Morgan fingerprint density at radius 1 is 1.07 bits per heavy atom. The lowest BCUT2D eigenvalue weighted by Gasteiger charge is -2.35. The van der Waals surface area contributed by atoms with E-state index in [0.717, 1.165) is 0 Å². The lowest BCUT2D eigenvalue weighted by Crippen LogP contribution is -2.52. The molecule has 0 aliphatic carbocycles. The molecular weight excluding hydrogens is 372 g/mol. The highest BCUT2D eigenvalue weighted by atomic mass is 35.5. The minimum atomic E-state index is -0.557. The second kappa shape index (κ2) is 8.47. The van der Waals surface area contributed by atoms with E-state index >= 15 is 0 Å². The second-order valence-electron chi connectivity index (χ2n) is 7.16. The van der Waals surface area contributed by atoms with Gasteiger partial charge in [-0.05, 0) is 39.0 Å². The fourth-order valence-corrected chi connectivity index (χ4v) is 2.68. The van der Waals surface area contributed by atoms with Crippen molar-refractivity contribution in [3.8, 4) is 0 Å². The first-order chi connectivity index (χ1) is 12.6. The molecule has 9 heteroatoms. The van der Waals surface area contributed by atoms with E-state index in [0.29, 0.717) is 42.5 Å². The topological polar surface area (TPSA) is 91.0 Å². The minimum absolute atomic E-state index is 0.270. The smallest absolute Gasteiger partial charge is 0.410 e. The Kier molecular flexibility index (Phi) is 6.54. The molecule has 0 bridgehead atoms. The number of piperazine rings is 1. The molecule has 27 heavy (non-hydrogen) atoms. The highest BCUT2D eigenvalue weighted by Crippen LogP contribution is 2.24. The molecule has 1 fully saturated rings. The van der Waals surface area contributed by atoms with Gasteiger partial charge < -0.3 is 25.2 Å². The summed E-state index contributed by atoms with van der Waals surface area (Å²) in [7, 11) is 1.53. The third-order valence-electron chi connectivity index (χ3n) is 3.92. The fourth-order valence-electron chi connectivity index (χ4n) is 2.52. The Balaban J connectivity index is 1.95. The third kappa shape index (κ3) is 5.75. The summed E-state index contributed by atoms with van der Waals surface area (Å²) in [5.74, 6) is -0.270. The summed E-state index contributed by atoms with van der Waals surface area (Å²) in [4.78, 5) is 39.5. The van der Waals surface area contributed by atoms with Gasteiger partial charge in [0.05, 0.1) is 10.7 Å². The first-order valence-corrected chi connectivity index (χ1v) is 9.04. The first-order valence-electron chi connectivity index (χ1n) is 8.66. The Bertz CT molecular complexity index is 725. The summed E-state index contributed by atoms with van der Waals surface area (Å²) in [5, 5.41) is 5.58. The number of ether oxygens (including phenoxy) is 1. The molecule has 1 aliphatic heterocycles. The highest BCUT2D eigenvalue weighted by Gasteiger charge is 2.28. The number of nitrogens with one attached hydrogen (secondary N) is 2. The largest absolute Gasteiger partial charge is 0.444 e. The van der Waals surface area contributed by atoms with Crippen molar-refractivity contribution in [3.63, 3.8) is 0 Å². The van der Waals surface area contributed by atoms with E-state index in [1.54, 1.807) is 21.9 Å². The summed E-state index contributed by atoms with van der Waals surface area (Å²) in [6.45, 7) is 6.94. The molecule has 8 nitrogen and oxygen atoms in total. The molecule has 1 aliphatic rings. The summed E-state index contributed by atoms with van der Waals surface area (Å²) in [6.07, 6.45) is -0.385. The van der Waals surface area contributed by atoms with Crippen LogP contribution in [0.1, 0.15) is 31.1 Å². The minimum Gasteiger partial charge on any atom is -0.444 e. The van der Waals surface area contributed by atoms with Crippen LogP contribution in [0.5, 0.6) is 0 Å². The van der Waals surface area contributed by atoms with Gasteiger partial charge >= 0.3 is 12.1 Å². The summed E-state index contributed by atoms with van der Waals surface area (Å²) in [6, 6.07) is 4.32. The van der Waals surface area contributed by atoms with Crippen LogP contribution in [-0.4, -0.2) is 66.7 Å². The molecule has 1 heterocycles. The van der Waals surface area contributed by atoms with Crippen molar-refractivity contribution in [2.75, 3.05) is 38.5 Å². The average Bonchev–Trinajstić information content (AvgIpc) is 2.61. The number of hydrogen-bond donors (Lipinski definition) is 2. The molecule has 0 atom stereocenters. The van der Waals surface area contributed by atoms with Crippen LogP contribution in [0, 0.1) is 0 Å². The summed E-state index contributed by atoms with van der Waals surface area (Å²) < 4.78 is 5.34. The van der Waals surface area contributed by atoms with Crippen LogP contribution >= 0.6 is 11.6 Å². The molecule has 0 radical (unpaired) electrons. The lowest BCUT2D eigenvalue weighted by molar-refractivity contribution is 0.0174. The SMILES string of the molecule is CNC(=O)c1ccc(Cl)c(NC(=O)N2CCN(C(=O)OC(C)(C)C)CC2)c1. The van der Waals surface area contributed by atoms with Gasteiger partial charge in [-0.15, -0.1) is 0 Å². The van der Waals surface area contributed by atoms with Gasteiger partial charge in [0, 0.05) is 38.8 Å². The summed E-state index contributed by atoms with van der Waals surface area (Å²) in [5.41, 5.74) is 0.197. The number of urea groups is 1. The van der Waals surface area contributed by atoms with Gasteiger partial charge in [0.2, 0.25) is 0 Å². The predicted molar refractivity (Wildman–Crippen MR) is 103 cm³/mol. The van der Waals surface area contributed by atoms with Gasteiger partial charge in [0.15, 0.2) is 0 Å². The van der Waals surface area contributed by atoms with Crippen molar-refractivity contribution in [2.45, 2.75) is 26.4 Å². The van der Waals surface area contributed by atoms with Crippen molar-refractivity contribution < 1.29 is 19.1 Å². The quantitative estimate of drug-likeness (QED) is 0.804. The number of anilines is 1. The van der Waals surface area contributed by atoms with Crippen LogP contribution < -0.4 is 10.6 Å². The zero-order valence-electron chi connectivity index (χ0n) is 16.0. The predicted octanol–water partition coefficient (Wildman–Crippen LogP) is 2.78. The molecule has 2 N–H and O–H groups in total. The van der Waals surface area contributed by atoms with Crippen LogP contribution in [0.4, 0.5) is 15.3 Å². The molecule has 148 valence electrons. The number of carbonyl (C=O) groups excluding carboxylic acids is 3. The fraction of sp³-hybridized carbons (Fsp3) is 0.500. The number of benzene rings is 1. The Hall–Kier alpha value is -2.48. The van der Waals surface area contributed by atoms with E-state index in [2.05, 4.69) is 10.6 Å². The molecule has 1 aromatic carbocycles. The Labute approximate surface area is 163 Å². The number of nitrogens with zero attached hydrogens (tertiary/aromatic N) is 2. The van der Waals surface area contributed by atoms with E-state index in [4.69, 9.17) is 16.3 Å². The van der Waals surface area contributed by atoms with Gasteiger partial charge in [0.25, 0.3) is 5.91 Å². The standard InChI is InChI=1S/C18H25ClN4O4/c1-18(2,3)27-17(26)23-9-7-22(8-10-23)16(25)21-14-11-12(15(24)20-4)5-6-13(14)19/h5-6,11H,7-10H2,1-4H3,(H,20,24)(H,21,25). The van der Waals surface area contributed by atoms with Gasteiger partial charge in [-0.2, -0.15) is 0 Å². The molecular formula is C18H25ClN4O4. The maximum Gasteiger partial charge on any atom is 0.410 e. The number of halogens is 1. The first kappa shape index (κ1) is 20.8. The van der Waals surface area contributed by atoms with E-state index in [9.17, 15) is 14.4 Å². The molecule has 4 amide bonds. The van der Waals surface area contributed by atoms with Gasteiger partial charge in [-0.3, -0.25) is 4.79 Å². The van der Waals surface area contributed by atoms with Crippen LogP contribution in [0.15, 0.2) is 18.2 Å². The highest BCUT2D eigenvalue weighted by molar-refractivity contribution is 6.33. The Morgan fingerprint density at radius 3 is 2.22 bits per heavy atom. The van der Waals surface area contributed by atoms with E-state index in [1.807, 2.05) is 20.8 Å². The van der Waals surface area contributed by atoms with Crippen molar-refractivity contribution in [2.24, 2.45) is 0 Å². The molecule has 1 aromatic rings. The van der Waals surface area contributed by atoms with E-state index in [1.165, 1.54) is 13.1 Å². The zero-order chi connectivity index (χ0) is 20.2.